The molecule has 5 rings (SSSR count). The van der Waals surface area contributed by atoms with Crippen LogP contribution in [0.5, 0.6) is 11.5 Å². The highest BCUT2D eigenvalue weighted by atomic mass is 35.5. The topological polar surface area (TPSA) is 109 Å². The van der Waals surface area contributed by atoms with Crippen molar-refractivity contribution in [1.29, 1.82) is 0 Å². The van der Waals surface area contributed by atoms with Gasteiger partial charge >= 0.3 is 0 Å². The van der Waals surface area contributed by atoms with Gasteiger partial charge in [0.05, 0.1) is 46.5 Å². The zero-order chi connectivity index (χ0) is 26.9. The summed E-state index contributed by atoms with van der Waals surface area (Å²) < 4.78 is 11.9. The first-order valence-corrected chi connectivity index (χ1v) is 12.9. The third kappa shape index (κ3) is 4.58. The lowest BCUT2D eigenvalue weighted by Gasteiger charge is -2.34. The van der Waals surface area contributed by atoms with Crippen molar-refractivity contribution in [3.63, 3.8) is 0 Å². The number of amides is 2. The van der Waals surface area contributed by atoms with Crippen LogP contribution in [0.1, 0.15) is 35.8 Å². The Labute approximate surface area is 226 Å². The Morgan fingerprint density at radius 2 is 2.21 bits per heavy atom. The van der Waals surface area contributed by atoms with Gasteiger partial charge in [-0.3, -0.25) is 14.6 Å². The molecule has 9 nitrogen and oxygen atoms in total. The van der Waals surface area contributed by atoms with Crippen molar-refractivity contribution in [2.24, 2.45) is 0 Å². The van der Waals surface area contributed by atoms with Gasteiger partial charge < -0.3 is 30.0 Å². The van der Waals surface area contributed by atoms with Crippen LogP contribution in [0.15, 0.2) is 49.3 Å². The molecular formula is C28H30ClN5O4. The molecule has 3 aromatic rings. The van der Waals surface area contributed by atoms with Crippen molar-refractivity contribution in [3.05, 3.63) is 65.6 Å². The minimum Gasteiger partial charge on any atom is -0.493 e. The molecule has 10 heteroatoms. The van der Waals surface area contributed by atoms with E-state index in [1.165, 1.54) is 6.08 Å². The zero-order valence-corrected chi connectivity index (χ0v) is 22.2. The van der Waals surface area contributed by atoms with Crippen LogP contribution in [0.25, 0.3) is 11.3 Å². The normalized spacial score (nSPS) is 18.5. The van der Waals surface area contributed by atoms with Gasteiger partial charge in [-0.05, 0) is 44.0 Å². The number of aromatic nitrogens is 2. The molecule has 0 saturated carbocycles. The van der Waals surface area contributed by atoms with Gasteiger partial charge in [-0.2, -0.15) is 0 Å². The molecule has 38 heavy (non-hydrogen) atoms. The van der Waals surface area contributed by atoms with Crippen molar-refractivity contribution >= 4 is 34.8 Å². The predicted molar refractivity (Wildman–Crippen MR) is 146 cm³/mol. The average molecular weight is 536 g/mol. The summed E-state index contributed by atoms with van der Waals surface area (Å²) in [6.07, 6.45) is 7.04. The molecule has 198 valence electrons. The van der Waals surface area contributed by atoms with E-state index in [0.29, 0.717) is 58.7 Å². The Kier molecular flexibility index (Phi) is 7.03. The molecule has 0 aliphatic carbocycles. The van der Waals surface area contributed by atoms with E-state index < -0.39 is 5.54 Å². The van der Waals surface area contributed by atoms with Crippen molar-refractivity contribution in [2.75, 3.05) is 32.1 Å². The number of likely N-dealkylation sites (tertiary alicyclic amines) is 1. The van der Waals surface area contributed by atoms with Crippen molar-refractivity contribution in [2.45, 2.75) is 31.7 Å². The van der Waals surface area contributed by atoms with E-state index in [0.717, 1.165) is 24.1 Å². The van der Waals surface area contributed by atoms with Gasteiger partial charge in [0.25, 0.3) is 5.91 Å². The second-order valence-corrected chi connectivity index (χ2v) is 10.0. The number of ether oxygens (including phenoxy) is 2. The van der Waals surface area contributed by atoms with E-state index in [4.69, 9.17) is 21.1 Å². The van der Waals surface area contributed by atoms with Gasteiger partial charge in [-0.1, -0.05) is 24.2 Å². The number of halogens is 1. The van der Waals surface area contributed by atoms with Crippen LogP contribution in [0.2, 0.25) is 5.02 Å². The summed E-state index contributed by atoms with van der Waals surface area (Å²) in [5, 5.41) is 6.76. The van der Waals surface area contributed by atoms with E-state index in [1.54, 1.807) is 25.6 Å². The van der Waals surface area contributed by atoms with Gasteiger partial charge in [0, 0.05) is 37.0 Å². The monoisotopic (exact) mass is 535 g/mol. The summed E-state index contributed by atoms with van der Waals surface area (Å²) in [5.41, 5.74) is 3.50. The maximum absolute atomic E-state index is 13.0. The van der Waals surface area contributed by atoms with Crippen LogP contribution < -0.4 is 20.1 Å². The summed E-state index contributed by atoms with van der Waals surface area (Å²) in [7, 11) is 1.55. The number of methoxy groups -OCH3 is 1. The van der Waals surface area contributed by atoms with E-state index in [1.807, 2.05) is 30.0 Å². The number of H-pyrrole nitrogens is 1. The van der Waals surface area contributed by atoms with Gasteiger partial charge in [0.15, 0.2) is 5.75 Å². The lowest BCUT2D eigenvalue weighted by atomic mass is 10.00. The molecule has 2 aliphatic heterocycles. The Morgan fingerprint density at radius 3 is 3.00 bits per heavy atom. The third-order valence-corrected chi connectivity index (χ3v) is 7.48. The lowest BCUT2D eigenvalue weighted by molar-refractivity contribution is -0.130. The van der Waals surface area contributed by atoms with E-state index in [-0.39, 0.29) is 18.4 Å². The molecular weight excluding hydrogens is 506 g/mol. The number of carbonyl (C=O) groups excluding carboxylic acids is 2. The number of pyridine rings is 1. The number of fused-ring (bicyclic) bond motifs is 1. The van der Waals surface area contributed by atoms with Crippen LogP contribution in [0.4, 0.5) is 11.4 Å². The molecule has 0 spiro atoms. The van der Waals surface area contributed by atoms with E-state index in [9.17, 15) is 9.59 Å². The smallest absolute Gasteiger partial charge is 0.255 e. The number of nitrogens with one attached hydrogen (secondary N) is 3. The fraction of sp³-hybridized carbons (Fsp3) is 0.321. The number of rotatable bonds is 8. The standard InChI is InChI=1S/C28H30ClN5O4/c1-4-22(35)34-14-6-11-28(34,2)16-38-21-15-30-12-9-17(21)24-25(23-19(32-24)10-13-31-27(23)36)33-20-8-5-7-18(29)26(20)37-3/h4-5,7-9,12,15,32-33H,1,6,10-11,13-14,16H2,2-3H3,(H,31,36)/t28-/m1/s1. The first kappa shape index (κ1) is 25.7. The van der Waals surface area contributed by atoms with Crippen LogP contribution in [-0.2, 0) is 11.2 Å². The third-order valence-electron chi connectivity index (χ3n) is 7.18. The molecule has 4 heterocycles. The molecule has 0 radical (unpaired) electrons. The summed E-state index contributed by atoms with van der Waals surface area (Å²) in [6, 6.07) is 7.23. The van der Waals surface area contributed by atoms with Crippen LogP contribution >= 0.6 is 11.6 Å². The maximum atomic E-state index is 13.0. The molecule has 1 aromatic carbocycles. The Morgan fingerprint density at radius 1 is 1.37 bits per heavy atom. The van der Waals surface area contributed by atoms with E-state index >= 15 is 0 Å². The molecule has 2 aromatic heterocycles. The fourth-order valence-electron chi connectivity index (χ4n) is 5.25. The molecule has 1 saturated heterocycles. The second kappa shape index (κ2) is 10.4. The second-order valence-electron chi connectivity index (χ2n) is 9.64. The first-order valence-electron chi connectivity index (χ1n) is 12.5. The summed E-state index contributed by atoms with van der Waals surface area (Å²) in [6.45, 7) is 7.15. The quantitative estimate of drug-likeness (QED) is 0.360. The summed E-state index contributed by atoms with van der Waals surface area (Å²) in [5.74, 6) is 0.723. The minimum absolute atomic E-state index is 0.106. The number of aromatic amines is 1. The van der Waals surface area contributed by atoms with Gasteiger partial charge in [-0.15, -0.1) is 0 Å². The van der Waals surface area contributed by atoms with Crippen LogP contribution in [-0.4, -0.2) is 59.0 Å². The Bertz CT molecular complexity index is 1400. The number of nitrogens with zero attached hydrogens (tertiary/aromatic N) is 2. The molecule has 0 bridgehead atoms. The number of benzene rings is 1. The number of anilines is 2. The molecule has 2 aliphatic rings. The Balaban J connectivity index is 1.55. The number of para-hydroxylation sites is 1. The van der Waals surface area contributed by atoms with Gasteiger partial charge in [-0.25, -0.2) is 0 Å². The van der Waals surface area contributed by atoms with Crippen LogP contribution in [0, 0.1) is 0 Å². The highest BCUT2D eigenvalue weighted by molar-refractivity contribution is 6.32. The summed E-state index contributed by atoms with van der Waals surface area (Å²) in [4.78, 5) is 35.0. The van der Waals surface area contributed by atoms with Crippen molar-refractivity contribution in [1.82, 2.24) is 20.2 Å². The number of hydrogen-bond acceptors (Lipinski definition) is 6. The summed E-state index contributed by atoms with van der Waals surface area (Å²) >= 11 is 6.37. The van der Waals surface area contributed by atoms with Gasteiger partial charge in [0.1, 0.15) is 12.4 Å². The molecule has 3 N–H and O–H groups in total. The SMILES string of the molecule is C=CC(=O)N1CCC[C@]1(C)COc1cnccc1-c1[nH]c2c(c1Nc1cccc(Cl)c1OC)C(=O)NCC2. The highest BCUT2D eigenvalue weighted by Gasteiger charge is 2.40. The predicted octanol–water partition coefficient (Wildman–Crippen LogP) is 4.71. The average Bonchev–Trinajstić information content (AvgIpc) is 3.49. The van der Waals surface area contributed by atoms with Crippen molar-refractivity contribution < 1.29 is 19.1 Å². The number of carbonyl (C=O) groups is 2. The van der Waals surface area contributed by atoms with Gasteiger partial charge in [0.2, 0.25) is 5.91 Å². The minimum atomic E-state index is -0.470. The molecule has 1 fully saturated rings. The highest BCUT2D eigenvalue weighted by Crippen LogP contribution is 2.43. The first-order chi connectivity index (χ1) is 18.4. The van der Waals surface area contributed by atoms with E-state index in [2.05, 4.69) is 27.2 Å². The number of hydrogen-bond donors (Lipinski definition) is 3. The van der Waals surface area contributed by atoms with Crippen LogP contribution in [0.3, 0.4) is 0 Å². The largest absolute Gasteiger partial charge is 0.493 e. The maximum Gasteiger partial charge on any atom is 0.255 e. The Hall–Kier alpha value is -3.98. The lowest BCUT2D eigenvalue weighted by Crippen LogP contribution is -2.48. The molecule has 1 atom stereocenters. The molecule has 2 amide bonds. The zero-order valence-electron chi connectivity index (χ0n) is 21.4. The fourth-order valence-corrected chi connectivity index (χ4v) is 5.50. The molecule has 0 unspecified atom stereocenters. The van der Waals surface area contributed by atoms with Crippen molar-refractivity contribution in [3.8, 4) is 22.8 Å².